The zero-order valence-corrected chi connectivity index (χ0v) is 12.8. The Kier molecular flexibility index (Phi) is 4.15. The second kappa shape index (κ2) is 6.23. The largest absolute Gasteiger partial charge is 0.489 e. The molecule has 4 nitrogen and oxygen atoms in total. The lowest BCUT2D eigenvalue weighted by molar-refractivity contribution is 0.210. The highest BCUT2D eigenvalue weighted by Crippen LogP contribution is 2.32. The third-order valence-corrected chi connectivity index (χ3v) is 4.28. The van der Waals surface area contributed by atoms with Gasteiger partial charge in [0.15, 0.2) is 0 Å². The molecule has 1 saturated carbocycles. The van der Waals surface area contributed by atoms with Gasteiger partial charge in [-0.25, -0.2) is 0 Å². The van der Waals surface area contributed by atoms with Crippen LogP contribution in [0.25, 0.3) is 10.9 Å². The molecule has 0 unspecified atom stereocenters. The van der Waals surface area contributed by atoms with E-state index in [1.54, 1.807) is 12.1 Å². The summed E-state index contributed by atoms with van der Waals surface area (Å²) in [6.07, 6.45) is 6.19. The van der Waals surface area contributed by atoms with E-state index in [9.17, 15) is 4.79 Å². The normalized spacial score (nSPS) is 15.1. The second-order valence-electron chi connectivity index (χ2n) is 5.91. The van der Waals surface area contributed by atoms with E-state index in [1.165, 1.54) is 12.8 Å². The molecule has 1 heterocycles. The van der Waals surface area contributed by atoms with Gasteiger partial charge < -0.3 is 9.72 Å². The van der Waals surface area contributed by atoms with Crippen LogP contribution in [0.2, 0.25) is 0 Å². The Morgan fingerprint density at radius 2 is 2.14 bits per heavy atom. The fraction of sp³-hybridized carbons (Fsp3) is 0.444. The summed E-state index contributed by atoms with van der Waals surface area (Å²) in [6.45, 7) is 2.05. The highest BCUT2D eigenvalue weighted by atomic mass is 16.5. The van der Waals surface area contributed by atoms with Gasteiger partial charge >= 0.3 is 0 Å². The molecule has 4 heteroatoms. The van der Waals surface area contributed by atoms with E-state index in [0.29, 0.717) is 23.3 Å². The Bertz CT molecular complexity index is 780. The van der Waals surface area contributed by atoms with Gasteiger partial charge in [-0.2, -0.15) is 5.26 Å². The summed E-state index contributed by atoms with van der Waals surface area (Å²) < 4.78 is 6.22. The van der Waals surface area contributed by atoms with Gasteiger partial charge in [-0.3, -0.25) is 4.79 Å². The first kappa shape index (κ1) is 14.6. The quantitative estimate of drug-likeness (QED) is 0.936. The molecule has 0 bridgehead atoms. The van der Waals surface area contributed by atoms with Crippen molar-refractivity contribution in [3.8, 4) is 11.8 Å². The number of hydrogen-bond acceptors (Lipinski definition) is 3. The number of nitriles is 1. The first-order valence-corrected chi connectivity index (χ1v) is 7.98. The predicted molar refractivity (Wildman–Crippen MR) is 86.2 cm³/mol. The maximum atomic E-state index is 12.4. The molecule has 114 valence electrons. The third-order valence-electron chi connectivity index (χ3n) is 4.28. The first-order valence-electron chi connectivity index (χ1n) is 7.98. The van der Waals surface area contributed by atoms with Crippen LogP contribution in [0.3, 0.4) is 0 Å². The van der Waals surface area contributed by atoms with Crippen LogP contribution in [-0.2, 0) is 6.42 Å². The average molecular weight is 296 g/mol. The number of aromatic amines is 1. The van der Waals surface area contributed by atoms with Crippen molar-refractivity contribution >= 4 is 10.9 Å². The van der Waals surface area contributed by atoms with Crippen LogP contribution in [0.1, 0.15) is 50.2 Å². The smallest absolute Gasteiger partial charge is 0.255 e. The Morgan fingerprint density at radius 3 is 2.82 bits per heavy atom. The third kappa shape index (κ3) is 2.71. The monoisotopic (exact) mass is 296 g/mol. The van der Waals surface area contributed by atoms with Gasteiger partial charge in [-0.05, 0) is 50.3 Å². The van der Waals surface area contributed by atoms with Crippen LogP contribution in [0, 0.1) is 11.3 Å². The van der Waals surface area contributed by atoms with Crippen LogP contribution >= 0.6 is 0 Å². The molecular weight excluding hydrogens is 276 g/mol. The van der Waals surface area contributed by atoms with Gasteiger partial charge in [0.05, 0.1) is 28.8 Å². The minimum atomic E-state index is -0.0768. The minimum Gasteiger partial charge on any atom is -0.489 e. The second-order valence-corrected chi connectivity index (χ2v) is 5.91. The zero-order valence-electron chi connectivity index (χ0n) is 12.8. The van der Waals surface area contributed by atoms with Crippen molar-refractivity contribution in [2.45, 2.75) is 51.6 Å². The summed E-state index contributed by atoms with van der Waals surface area (Å²) >= 11 is 0. The Morgan fingerprint density at radius 1 is 1.36 bits per heavy atom. The molecule has 0 spiro atoms. The van der Waals surface area contributed by atoms with Crippen molar-refractivity contribution < 1.29 is 4.74 Å². The van der Waals surface area contributed by atoms with Gasteiger partial charge in [0, 0.05) is 5.39 Å². The lowest BCUT2D eigenvalue weighted by Crippen LogP contribution is -2.19. The number of aromatic nitrogens is 1. The van der Waals surface area contributed by atoms with E-state index in [4.69, 9.17) is 10.00 Å². The zero-order chi connectivity index (χ0) is 15.5. The summed E-state index contributed by atoms with van der Waals surface area (Å²) in [5, 5.41) is 9.98. The number of ether oxygens (including phenoxy) is 1. The molecule has 1 aromatic heterocycles. The minimum absolute atomic E-state index is 0.0768. The fourth-order valence-corrected chi connectivity index (χ4v) is 3.16. The fourth-order valence-electron chi connectivity index (χ4n) is 3.16. The number of nitrogens with zero attached hydrogens (tertiary/aromatic N) is 1. The SMILES string of the molecule is CCCc1c(OC2CCCC2)c2cc(C#N)ccc2[nH]c1=O. The number of fused-ring (bicyclic) bond motifs is 1. The van der Waals surface area contributed by atoms with Gasteiger partial charge in [0.2, 0.25) is 0 Å². The summed E-state index contributed by atoms with van der Waals surface area (Å²) in [5.74, 6) is 0.685. The van der Waals surface area contributed by atoms with Crippen molar-refractivity contribution in [3.63, 3.8) is 0 Å². The predicted octanol–water partition coefficient (Wildman–Crippen LogP) is 3.67. The van der Waals surface area contributed by atoms with E-state index in [0.717, 1.165) is 30.2 Å². The highest BCUT2D eigenvalue weighted by Gasteiger charge is 2.21. The van der Waals surface area contributed by atoms with E-state index >= 15 is 0 Å². The Labute approximate surface area is 129 Å². The number of hydrogen-bond donors (Lipinski definition) is 1. The van der Waals surface area contributed by atoms with E-state index in [-0.39, 0.29) is 11.7 Å². The molecular formula is C18H20N2O2. The van der Waals surface area contributed by atoms with E-state index in [2.05, 4.69) is 18.0 Å². The molecule has 22 heavy (non-hydrogen) atoms. The van der Waals surface area contributed by atoms with Crippen molar-refractivity contribution in [1.82, 2.24) is 4.98 Å². The molecule has 3 rings (SSSR count). The number of nitrogens with one attached hydrogen (secondary N) is 1. The van der Waals surface area contributed by atoms with Crippen LogP contribution < -0.4 is 10.3 Å². The van der Waals surface area contributed by atoms with Gasteiger partial charge in [-0.1, -0.05) is 13.3 Å². The summed E-state index contributed by atoms with van der Waals surface area (Å²) in [7, 11) is 0. The van der Waals surface area contributed by atoms with Crippen LogP contribution in [0.15, 0.2) is 23.0 Å². The van der Waals surface area contributed by atoms with E-state index in [1.807, 2.05) is 6.07 Å². The first-order chi connectivity index (χ1) is 10.7. The summed E-state index contributed by atoms with van der Waals surface area (Å²) in [5.41, 5.74) is 1.94. The van der Waals surface area contributed by atoms with Crippen LogP contribution in [-0.4, -0.2) is 11.1 Å². The van der Waals surface area contributed by atoms with E-state index < -0.39 is 0 Å². The van der Waals surface area contributed by atoms with Gasteiger partial charge in [0.25, 0.3) is 5.56 Å². The van der Waals surface area contributed by atoms with Crippen molar-refractivity contribution in [2.75, 3.05) is 0 Å². The maximum absolute atomic E-state index is 12.4. The van der Waals surface area contributed by atoms with Crippen molar-refractivity contribution in [2.24, 2.45) is 0 Å². The number of H-pyrrole nitrogens is 1. The Balaban J connectivity index is 2.18. The molecule has 0 saturated heterocycles. The topological polar surface area (TPSA) is 65.9 Å². The molecule has 1 aliphatic rings. The molecule has 1 fully saturated rings. The molecule has 0 radical (unpaired) electrons. The standard InChI is InChI=1S/C18H20N2O2/c1-2-5-14-17(22-13-6-3-4-7-13)15-10-12(11-19)8-9-16(15)20-18(14)21/h8-10,13H,2-7H2,1H3,(H,20,21). The number of rotatable bonds is 4. The van der Waals surface area contributed by atoms with Crippen LogP contribution in [0.4, 0.5) is 0 Å². The average Bonchev–Trinajstić information content (AvgIpc) is 3.03. The van der Waals surface area contributed by atoms with Gasteiger partial charge in [0.1, 0.15) is 5.75 Å². The molecule has 2 aromatic rings. The number of benzene rings is 1. The molecule has 1 aliphatic carbocycles. The summed E-state index contributed by atoms with van der Waals surface area (Å²) in [6, 6.07) is 7.48. The molecule has 0 atom stereocenters. The molecule has 1 N–H and O–H groups in total. The van der Waals surface area contributed by atoms with Crippen LogP contribution in [0.5, 0.6) is 5.75 Å². The Hall–Kier alpha value is -2.28. The molecule has 1 aromatic carbocycles. The lowest BCUT2D eigenvalue weighted by atomic mass is 10.0. The van der Waals surface area contributed by atoms with Crippen molar-refractivity contribution in [3.05, 3.63) is 39.7 Å². The molecule has 0 amide bonds. The maximum Gasteiger partial charge on any atom is 0.255 e. The lowest BCUT2D eigenvalue weighted by Gasteiger charge is -2.18. The van der Waals surface area contributed by atoms with Crippen molar-refractivity contribution in [1.29, 1.82) is 5.26 Å². The number of pyridine rings is 1. The summed E-state index contributed by atoms with van der Waals surface area (Å²) in [4.78, 5) is 15.3. The van der Waals surface area contributed by atoms with Gasteiger partial charge in [-0.15, -0.1) is 0 Å². The molecule has 0 aliphatic heterocycles. The highest BCUT2D eigenvalue weighted by molar-refractivity contribution is 5.87.